The summed E-state index contributed by atoms with van der Waals surface area (Å²) in [5, 5.41) is 0. The Balaban J connectivity index is 3.17. The third kappa shape index (κ3) is 5.68. The van der Waals surface area contributed by atoms with Crippen molar-refractivity contribution >= 4 is 23.9 Å². The van der Waals surface area contributed by atoms with Gasteiger partial charge in [0.25, 0.3) is 0 Å². The predicted octanol–water partition coefficient (Wildman–Crippen LogP) is -0.282. The third-order valence-electron chi connectivity index (χ3n) is 3.32. The molecule has 10 heteroatoms. The van der Waals surface area contributed by atoms with Crippen molar-refractivity contribution in [2.75, 3.05) is 20.3 Å². The van der Waals surface area contributed by atoms with Crippen LogP contribution in [0.3, 0.4) is 0 Å². The summed E-state index contributed by atoms with van der Waals surface area (Å²) in [7, 11) is 1.25. The average Bonchev–Trinajstić information content (AvgIpc) is 2.76. The maximum absolute atomic E-state index is 11.5. The first-order valence-corrected chi connectivity index (χ1v) is 7.45. The van der Waals surface area contributed by atoms with E-state index in [0.29, 0.717) is 0 Å². The van der Waals surface area contributed by atoms with Gasteiger partial charge >= 0.3 is 23.9 Å². The van der Waals surface area contributed by atoms with Gasteiger partial charge in [0.15, 0.2) is 12.2 Å². The maximum atomic E-state index is 11.5. The van der Waals surface area contributed by atoms with E-state index in [9.17, 15) is 19.2 Å². The van der Waals surface area contributed by atoms with Crippen molar-refractivity contribution in [3.8, 4) is 0 Å². The van der Waals surface area contributed by atoms with Crippen LogP contribution < -0.4 is 0 Å². The van der Waals surface area contributed by atoms with Crippen LogP contribution in [0.2, 0.25) is 0 Å². The first-order chi connectivity index (χ1) is 11.6. The minimum absolute atomic E-state index is 0.282. The van der Waals surface area contributed by atoms with Crippen LogP contribution >= 0.6 is 0 Å². The molecule has 1 aliphatic rings. The Morgan fingerprint density at radius 3 is 1.88 bits per heavy atom. The molecule has 1 aliphatic heterocycles. The highest BCUT2D eigenvalue weighted by atomic mass is 16.8. The Hall–Kier alpha value is -2.20. The van der Waals surface area contributed by atoms with Gasteiger partial charge in [0, 0.05) is 34.8 Å². The largest absolute Gasteiger partial charge is 0.463 e. The van der Waals surface area contributed by atoms with E-state index in [2.05, 4.69) is 0 Å². The highest BCUT2D eigenvalue weighted by Crippen LogP contribution is 2.37. The molecular formula is C15H22O10. The zero-order valence-electron chi connectivity index (χ0n) is 14.7. The third-order valence-corrected chi connectivity index (χ3v) is 3.32. The average molecular weight is 362 g/mol. The number of methoxy groups -OCH3 is 1. The van der Waals surface area contributed by atoms with Crippen LogP contribution in [-0.4, -0.2) is 68.3 Å². The van der Waals surface area contributed by atoms with Crippen molar-refractivity contribution in [2.45, 2.75) is 51.8 Å². The molecule has 142 valence electrons. The number of hydrogen-bond donors (Lipinski definition) is 0. The minimum Gasteiger partial charge on any atom is -0.463 e. The summed E-state index contributed by atoms with van der Waals surface area (Å²) in [5.74, 6) is -4.28. The van der Waals surface area contributed by atoms with Gasteiger partial charge in [-0.15, -0.1) is 0 Å². The van der Waals surface area contributed by atoms with Crippen LogP contribution in [0.1, 0.15) is 27.7 Å². The van der Waals surface area contributed by atoms with Crippen molar-refractivity contribution in [1.29, 1.82) is 0 Å². The van der Waals surface area contributed by atoms with Gasteiger partial charge in [0.1, 0.15) is 19.3 Å². The van der Waals surface area contributed by atoms with Crippen LogP contribution in [0.4, 0.5) is 0 Å². The van der Waals surface area contributed by atoms with E-state index < -0.39 is 54.6 Å². The van der Waals surface area contributed by atoms with E-state index in [1.807, 2.05) is 0 Å². The van der Waals surface area contributed by atoms with Crippen LogP contribution in [0.15, 0.2) is 0 Å². The highest BCUT2D eigenvalue weighted by Gasteiger charge is 2.61. The maximum Gasteiger partial charge on any atom is 0.303 e. The van der Waals surface area contributed by atoms with Crippen molar-refractivity contribution in [1.82, 2.24) is 0 Å². The van der Waals surface area contributed by atoms with Crippen LogP contribution in [-0.2, 0) is 47.6 Å². The molecule has 0 aromatic rings. The number of rotatable bonds is 7. The van der Waals surface area contributed by atoms with E-state index in [4.69, 9.17) is 28.4 Å². The topological polar surface area (TPSA) is 124 Å². The van der Waals surface area contributed by atoms with Crippen LogP contribution in [0, 0.1) is 0 Å². The fraction of sp³-hybridized carbons (Fsp3) is 0.733. The normalized spacial score (nSPS) is 28.1. The predicted molar refractivity (Wildman–Crippen MR) is 79.0 cm³/mol. The van der Waals surface area contributed by atoms with Gasteiger partial charge in [-0.25, -0.2) is 0 Å². The van der Waals surface area contributed by atoms with E-state index in [-0.39, 0.29) is 6.61 Å². The standard InChI is InChI=1S/C15H22O10/c1-8(16)21-6-12-13(23-10(3)18)14(24-11(4)19)15(20-5,25-12)7-22-9(2)17/h12-14H,6-7H2,1-5H3. The molecule has 1 rings (SSSR count). The molecule has 0 aliphatic carbocycles. The Bertz CT molecular complexity index is 530. The fourth-order valence-corrected chi connectivity index (χ4v) is 2.37. The molecule has 1 saturated heterocycles. The summed E-state index contributed by atoms with van der Waals surface area (Å²) in [6.45, 7) is 3.98. The molecular weight excluding hydrogens is 340 g/mol. The van der Waals surface area contributed by atoms with Gasteiger partial charge in [0.2, 0.25) is 5.79 Å². The van der Waals surface area contributed by atoms with Gasteiger partial charge in [-0.05, 0) is 0 Å². The monoisotopic (exact) mass is 362 g/mol. The minimum atomic E-state index is -1.72. The molecule has 0 amide bonds. The second-order valence-corrected chi connectivity index (χ2v) is 5.36. The van der Waals surface area contributed by atoms with E-state index in [1.54, 1.807) is 0 Å². The molecule has 25 heavy (non-hydrogen) atoms. The number of ether oxygens (including phenoxy) is 6. The van der Waals surface area contributed by atoms with Crippen molar-refractivity contribution < 1.29 is 47.6 Å². The second-order valence-electron chi connectivity index (χ2n) is 5.36. The molecule has 1 fully saturated rings. The lowest BCUT2D eigenvalue weighted by atomic mass is 10.0. The molecule has 1 heterocycles. The Kier molecular flexibility index (Phi) is 7.31. The Morgan fingerprint density at radius 1 is 0.880 bits per heavy atom. The number of carbonyl (C=O) groups excluding carboxylic acids is 4. The lowest BCUT2D eigenvalue weighted by molar-refractivity contribution is -0.270. The van der Waals surface area contributed by atoms with Crippen molar-refractivity contribution in [3.05, 3.63) is 0 Å². The van der Waals surface area contributed by atoms with E-state index >= 15 is 0 Å². The molecule has 0 spiro atoms. The van der Waals surface area contributed by atoms with Gasteiger partial charge in [-0.2, -0.15) is 0 Å². The summed E-state index contributed by atoms with van der Waals surface area (Å²) >= 11 is 0. The molecule has 4 unspecified atom stereocenters. The summed E-state index contributed by atoms with van der Waals surface area (Å²) in [6, 6.07) is 0. The quantitative estimate of drug-likeness (QED) is 0.441. The highest BCUT2D eigenvalue weighted by molar-refractivity contribution is 5.68. The van der Waals surface area contributed by atoms with Crippen LogP contribution in [0.25, 0.3) is 0 Å². The number of esters is 4. The molecule has 0 radical (unpaired) electrons. The molecule has 0 saturated carbocycles. The SMILES string of the molecule is COC1(COC(C)=O)OC(COC(C)=O)C(OC(C)=O)C1OC(C)=O. The fourth-order valence-electron chi connectivity index (χ4n) is 2.37. The van der Waals surface area contributed by atoms with Crippen molar-refractivity contribution in [3.63, 3.8) is 0 Å². The van der Waals surface area contributed by atoms with Gasteiger partial charge < -0.3 is 28.4 Å². The Labute approximate surface area is 144 Å². The smallest absolute Gasteiger partial charge is 0.303 e. The molecule has 0 bridgehead atoms. The first-order valence-electron chi connectivity index (χ1n) is 7.45. The summed E-state index contributed by atoms with van der Waals surface area (Å²) in [5.41, 5.74) is 0. The number of hydrogen-bond acceptors (Lipinski definition) is 10. The van der Waals surface area contributed by atoms with Gasteiger partial charge in [-0.3, -0.25) is 19.2 Å². The Morgan fingerprint density at radius 2 is 1.44 bits per heavy atom. The van der Waals surface area contributed by atoms with Crippen molar-refractivity contribution in [2.24, 2.45) is 0 Å². The van der Waals surface area contributed by atoms with Gasteiger partial charge in [-0.1, -0.05) is 0 Å². The summed E-state index contributed by atoms with van der Waals surface area (Å²) in [6.07, 6.45) is -3.36. The molecule has 10 nitrogen and oxygen atoms in total. The van der Waals surface area contributed by atoms with Crippen LogP contribution in [0.5, 0.6) is 0 Å². The van der Waals surface area contributed by atoms with E-state index in [0.717, 1.165) is 13.8 Å². The zero-order chi connectivity index (χ0) is 19.2. The second kappa shape index (κ2) is 8.77. The first kappa shape index (κ1) is 20.8. The number of carbonyl (C=O) groups is 4. The van der Waals surface area contributed by atoms with E-state index in [1.165, 1.54) is 21.0 Å². The summed E-state index contributed by atoms with van der Waals surface area (Å²) in [4.78, 5) is 45.1. The lowest BCUT2D eigenvalue weighted by Crippen LogP contribution is -2.51. The van der Waals surface area contributed by atoms with Gasteiger partial charge in [0.05, 0.1) is 0 Å². The molecule has 4 atom stereocenters. The molecule has 0 aromatic carbocycles. The molecule has 0 aromatic heterocycles. The lowest BCUT2D eigenvalue weighted by Gasteiger charge is -2.32. The summed E-state index contributed by atoms with van der Waals surface area (Å²) < 4.78 is 31.2. The zero-order valence-corrected chi connectivity index (χ0v) is 14.7. The molecule has 0 N–H and O–H groups in total.